The van der Waals surface area contributed by atoms with E-state index >= 15 is 0 Å². The molecule has 1 unspecified atom stereocenters. The summed E-state index contributed by atoms with van der Waals surface area (Å²) in [6, 6.07) is 5.43. The molecule has 4 rings (SSSR count). The number of ketones is 1. The number of benzene rings is 1. The molecular formula is C19H21FNO8P. The minimum Gasteiger partial charge on any atom is -0.497 e. The minimum atomic E-state index is -3.86. The van der Waals surface area contributed by atoms with E-state index in [4.69, 9.17) is 23.0 Å². The van der Waals surface area contributed by atoms with E-state index in [2.05, 4.69) is 0 Å². The van der Waals surface area contributed by atoms with E-state index in [-0.39, 0.29) is 19.6 Å². The highest BCUT2D eigenvalue weighted by atomic mass is 31.2. The quantitative estimate of drug-likeness (QED) is 0.508. The molecule has 2 fully saturated rings. The molecule has 3 aliphatic rings. The van der Waals surface area contributed by atoms with Gasteiger partial charge in [-0.3, -0.25) is 28.1 Å². The first-order valence-corrected chi connectivity index (χ1v) is 10.8. The minimum absolute atomic E-state index is 0.0113. The van der Waals surface area contributed by atoms with Crippen molar-refractivity contribution < 1.29 is 41.6 Å². The standard InChI is InChI=1S/C19H21FNO8P/c1-11-3-4-13(25-2)5-12(11)9-26-30(24)27-10-17-16(29-30)7-19(28-17)21-8-14(20)15(22)6-18(21)23/h3-5,8,16-17,19H,6-7,9-10H2,1-2H3/t16-,17+,19+,30?/m0/s1. The van der Waals surface area contributed by atoms with Crippen LogP contribution in [0.2, 0.25) is 0 Å². The summed E-state index contributed by atoms with van der Waals surface area (Å²) in [5.41, 5.74) is 1.69. The molecule has 1 amide bonds. The number of phosphoric ester groups is 1. The maximum atomic E-state index is 13.6. The zero-order valence-electron chi connectivity index (χ0n) is 16.4. The Labute approximate surface area is 172 Å². The number of Topliss-reactive ketones (excluding diaryl/α,β-unsaturated/α-hetero) is 1. The van der Waals surface area contributed by atoms with Crippen molar-refractivity contribution in [2.45, 2.75) is 44.8 Å². The molecule has 9 nitrogen and oxygen atoms in total. The van der Waals surface area contributed by atoms with Crippen LogP contribution in [0.1, 0.15) is 24.0 Å². The lowest BCUT2D eigenvalue weighted by atomic mass is 10.1. The molecule has 1 aromatic rings. The summed E-state index contributed by atoms with van der Waals surface area (Å²) in [5.74, 6) is -1.80. The Hall–Kier alpha value is -2.10. The van der Waals surface area contributed by atoms with Crippen molar-refractivity contribution in [3.63, 3.8) is 0 Å². The third-order valence-corrected chi connectivity index (χ3v) is 6.64. The number of carbonyl (C=O) groups excluding carboxylic acids is 2. The Morgan fingerprint density at radius 1 is 1.30 bits per heavy atom. The van der Waals surface area contributed by atoms with Gasteiger partial charge in [-0.2, -0.15) is 0 Å². The number of fused-ring (bicyclic) bond motifs is 1. The number of amides is 1. The first kappa shape index (κ1) is 21.1. The predicted molar refractivity (Wildman–Crippen MR) is 99.9 cm³/mol. The molecule has 162 valence electrons. The number of hydrogen-bond acceptors (Lipinski definition) is 8. The molecule has 3 aliphatic heterocycles. The second-order valence-corrected chi connectivity index (χ2v) is 8.82. The van der Waals surface area contributed by atoms with Crippen LogP contribution in [0, 0.1) is 6.92 Å². The van der Waals surface area contributed by atoms with E-state index in [0.717, 1.165) is 22.2 Å². The SMILES string of the molecule is COc1ccc(C)c(COP2(=O)OC[C@H]3O[C@@H](N4C=C(F)C(=O)CC4=O)C[C@@H]3O2)c1. The zero-order valence-corrected chi connectivity index (χ0v) is 17.3. The normalized spacial score (nSPS) is 31.5. The van der Waals surface area contributed by atoms with Gasteiger partial charge in [0.05, 0.1) is 26.7 Å². The number of allylic oxidation sites excluding steroid dienone is 1. The van der Waals surface area contributed by atoms with Gasteiger partial charge < -0.3 is 9.47 Å². The van der Waals surface area contributed by atoms with Gasteiger partial charge in [-0.1, -0.05) is 6.07 Å². The summed E-state index contributed by atoms with van der Waals surface area (Å²) in [6.07, 6.45) is -1.69. The van der Waals surface area contributed by atoms with Gasteiger partial charge in [0, 0.05) is 12.6 Å². The average molecular weight is 441 g/mol. The molecule has 0 saturated carbocycles. The van der Waals surface area contributed by atoms with Crippen LogP contribution in [0.25, 0.3) is 0 Å². The smallest absolute Gasteiger partial charge is 0.475 e. The molecule has 2 saturated heterocycles. The maximum Gasteiger partial charge on any atom is 0.475 e. The lowest BCUT2D eigenvalue weighted by Gasteiger charge is -2.30. The Kier molecular flexibility index (Phi) is 5.78. The molecule has 0 spiro atoms. The molecule has 1 aromatic carbocycles. The van der Waals surface area contributed by atoms with Gasteiger partial charge in [0.25, 0.3) is 0 Å². The molecule has 11 heteroatoms. The van der Waals surface area contributed by atoms with Crippen LogP contribution in [0.4, 0.5) is 4.39 Å². The second-order valence-electron chi connectivity index (χ2n) is 7.20. The van der Waals surface area contributed by atoms with Crippen LogP contribution in [-0.2, 0) is 39.1 Å². The second kappa shape index (κ2) is 8.20. The van der Waals surface area contributed by atoms with Crippen LogP contribution in [-0.4, -0.2) is 48.7 Å². The summed E-state index contributed by atoms with van der Waals surface area (Å²) in [7, 11) is -2.32. The maximum absolute atomic E-state index is 13.6. The van der Waals surface area contributed by atoms with E-state index in [0.29, 0.717) is 5.75 Å². The number of carbonyl (C=O) groups is 2. The fraction of sp³-hybridized carbons (Fsp3) is 0.474. The van der Waals surface area contributed by atoms with Gasteiger partial charge in [0.1, 0.15) is 24.2 Å². The molecular weight excluding hydrogens is 420 g/mol. The van der Waals surface area contributed by atoms with Gasteiger partial charge in [-0.25, -0.2) is 8.96 Å². The summed E-state index contributed by atoms with van der Waals surface area (Å²) < 4.78 is 53.8. The van der Waals surface area contributed by atoms with Crippen LogP contribution in [0.3, 0.4) is 0 Å². The van der Waals surface area contributed by atoms with E-state index in [1.54, 1.807) is 13.2 Å². The number of rotatable bonds is 5. The molecule has 0 bridgehead atoms. The van der Waals surface area contributed by atoms with Crippen molar-refractivity contribution in [3.8, 4) is 5.75 Å². The Balaban J connectivity index is 1.40. The number of phosphoric acid groups is 1. The molecule has 30 heavy (non-hydrogen) atoms. The summed E-state index contributed by atoms with van der Waals surface area (Å²) in [6.45, 7) is 1.81. The summed E-state index contributed by atoms with van der Waals surface area (Å²) in [5, 5.41) is 0. The van der Waals surface area contributed by atoms with Gasteiger partial charge >= 0.3 is 7.82 Å². The number of halogens is 1. The van der Waals surface area contributed by atoms with E-state index < -0.39 is 50.2 Å². The third kappa shape index (κ3) is 4.19. The van der Waals surface area contributed by atoms with E-state index in [1.807, 2.05) is 19.1 Å². The molecule has 0 aliphatic carbocycles. The first-order chi connectivity index (χ1) is 14.3. The van der Waals surface area contributed by atoms with Gasteiger partial charge in [-0.05, 0) is 30.2 Å². The zero-order chi connectivity index (χ0) is 21.5. The Morgan fingerprint density at radius 2 is 2.10 bits per heavy atom. The third-order valence-electron chi connectivity index (χ3n) is 5.21. The van der Waals surface area contributed by atoms with Crippen LogP contribution < -0.4 is 4.74 Å². The van der Waals surface area contributed by atoms with Crippen LogP contribution in [0.15, 0.2) is 30.2 Å². The van der Waals surface area contributed by atoms with Crippen molar-refractivity contribution in [1.29, 1.82) is 0 Å². The van der Waals surface area contributed by atoms with Crippen molar-refractivity contribution >= 4 is 19.5 Å². The largest absolute Gasteiger partial charge is 0.497 e. The monoisotopic (exact) mass is 441 g/mol. The van der Waals surface area contributed by atoms with Crippen molar-refractivity contribution in [2.75, 3.05) is 13.7 Å². The van der Waals surface area contributed by atoms with E-state index in [1.165, 1.54) is 0 Å². The number of aryl methyl sites for hydroxylation is 1. The highest BCUT2D eigenvalue weighted by Gasteiger charge is 2.49. The number of nitrogens with zero attached hydrogens (tertiary/aromatic N) is 1. The van der Waals surface area contributed by atoms with Crippen LogP contribution >= 0.6 is 7.82 Å². The molecule has 4 atom stereocenters. The van der Waals surface area contributed by atoms with Crippen LogP contribution in [0.5, 0.6) is 5.75 Å². The number of ether oxygens (including phenoxy) is 2. The molecule has 0 radical (unpaired) electrons. The van der Waals surface area contributed by atoms with Gasteiger partial charge in [0.2, 0.25) is 11.7 Å². The lowest BCUT2D eigenvalue weighted by Crippen LogP contribution is -2.40. The fourth-order valence-electron chi connectivity index (χ4n) is 3.46. The lowest BCUT2D eigenvalue weighted by molar-refractivity contribution is -0.146. The Bertz CT molecular complexity index is 950. The number of methoxy groups -OCH3 is 1. The van der Waals surface area contributed by atoms with Crippen molar-refractivity contribution in [3.05, 3.63) is 41.4 Å². The topological polar surface area (TPSA) is 101 Å². The molecule has 0 N–H and O–H groups in total. The predicted octanol–water partition coefficient (Wildman–Crippen LogP) is 2.77. The fourth-order valence-corrected chi connectivity index (χ4v) is 4.84. The van der Waals surface area contributed by atoms with Gasteiger partial charge in [-0.15, -0.1) is 0 Å². The average Bonchev–Trinajstić information content (AvgIpc) is 3.12. The van der Waals surface area contributed by atoms with Crippen molar-refractivity contribution in [1.82, 2.24) is 4.90 Å². The Morgan fingerprint density at radius 3 is 2.87 bits per heavy atom. The van der Waals surface area contributed by atoms with E-state index in [9.17, 15) is 18.5 Å². The molecule has 0 aromatic heterocycles. The first-order valence-electron chi connectivity index (χ1n) is 9.36. The summed E-state index contributed by atoms with van der Waals surface area (Å²) in [4.78, 5) is 24.4. The molecule has 3 heterocycles. The highest BCUT2D eigenvalue weighted by Crippen LogP contribution is 2.56. The van der Waals surface area contributed by atoms with Crippen molar-refractivity contribution in [2.24, 2.45) is 0 Å². The summed E-state index contributed by atoms with van der Waals surface area (Å²) >= 11 is 0. The van der Waals surface area contributed by atoms with Gasteiger partial charge in [0.15, 0.2) is 5.83 Å². The highest BCUT2D eigenvalue weighted by molar-refractivity contribution is 7.48. The number of hydrogen-bond donors (Lipinski definition) is 0.